The van der Waals surface area contributed by atoms with Crippen LogP contribution in [0, 0.1) is 5.92 Å². The zero-order valence-corrected chi connectivity index (χ0v) is 9.79. The maximum atomic E-state index is 5.89. The molecule has 2 heteroatoms. The van der Waals surface area contributed by atoms with E-state index in [9.17, 15) is 0 Å². The van der Waals surface area contributed by atoms with Gasteiger partial charge in [0.1, 0.15) is 5.60 Å². The van der Waals surface area contributed by atoms with Gasteiger partial charge in [-0.3, -0.25) is 10.3 Å². The number of aryl methyl sites for hydroxylation is 1. The molecule has 0 amide bonds. The van der Waals surface area contributed by atoms with Crippen LogP contribution in [0.1, 0.15) is 31.4 Å². The third-order valence-corrected chi connectivity index (χ3v) is 3.83. The van der Waals surface area contributed by atoms with Crippen molar-refractivity contribution in [3.05, 3.63) is 47.2 Å². The quantitative estimate of drug-likeness (QED) is 0.718. The van der Waals surface area contributed by atoms with E-state index in [1.54, 1.807) is 0 Å². The topological polar surface area (TPSA) is 21.3 Å². The van der Waals surface area contributed by atoms with Crippen molar-refractivity contribution in [1.29, 1.82) is 0 Å². The number of fused-ring (bicyclic) bond motifs is 2. The van der Waals surface area contributed by atoms with Crippen LogP contribution in [-0.2, 0) is 16.9 Å². The summed E-state index contributed by atoms with van der Waals surface area (Å²) in [7, 11) is 0. The monoisotopic (exact) mass is 215 g/mol. The summed E-state index contributed by atoms with van der Waals surface area (Å²) >= 11 is 0. The predicted octanol–water partition coefficient (Wildman–Crippen LogP) is 2.90. The molecule has 2 atom stereocenters. The highest BCUT2D eigenvalue weighted by molar-refractivity contribution is 5.40. The molecule has 0 saturated heterocycles. The third kappa shape index (κ3) is 1.23. The molecule has 0 radical (unpaired) electrons. The first kappa shape index (κ1) is 9.91. The Labute approximate surface area is 96.3 Å². The van der Waals surface area contributed by atoms with Crippen LogP contribution in [0.2, 0.25) is 0 Å². The molecule has 1 spiro atoms. The maximum Gasteiger partial charge on any atom is 0.144 e. The lowest BCUT2D eigenvalue weighted by molar-refractivity contribution is -0.0841. The molecule has 1 aliphatic heterocycles. The van der Waals surface area contributed by atoms with Crippen LogP contribution in [0.15, 0.2) is 36.0 Å². The van der Waals surface area contributed by atoms with Gasteiger partial charge in [-0.05, 0) is 42.9 Å². The molecule has 0 fully saturated rings. The third-order valence-electron chi connectivity index (χ3n) is 3.83. The fourth-order valence-electron chi connectivity index (χ4n) is 2.89. The SMILES string of the molecule is CC1=C[C@@]2(ON1)c1ccccc1CCC2C. The van der Waals surface area contributed by atoms with E-state index in [1.165, 1.54) is 17.5 Å². The number of rotatable bonds is 0. The van der Waals surface area contributed by atoms with Crippen molar-refractivity contribution in [2.75, 3.05) is 0 Å². The van der Waals surface area contributed by atoms with Crippen molar-refractivity contribution in [2.45, 2.75) is 32.3 Å². The lowest BCUT2D eigenvalue weighted by Crippen LogP contribution is -2.38. The van der Waals surface area contributed by atoms with Gasteiger partial charge >= 0.3 is 0 Å². The minimum absolute atomic E-state index is 0.237. The average Bonchev–Trinajstić information content (AvgIpc) is 2.68. The molecule has 2 nitrogen and oxygen atoms in total. The Bertz CT molecular complexity index is 452. The lowest BCUT2D eigenvalue weighted by atomic mass is 9.72. The largest absolute Gasteiger partial charge is 0.270 e. The smallest absolute Gasteiger partial charge is 0.144 e. The number of benzene rings is 1. The first-order valence-electron chi connectivity index (χ1n) is 5.94. The van der Waals surface area contributed by atoms with Gasteiger partial charge in [0.05, 0.1) is 0 Å². The molecule has 0 saturated carbocycles. The molecular weight excluding hydrogens is 198 g/mol. The number of hydrogen-bond donors (Lipinski definition) is 1. The van der Waals surface area contributed by atoms with Gasteiger partial charge in [-0.25, -0.2) is 0 Å². The number of hydroxylamine groups is 1. The first-order valence-corrected chi connectivity index (χ1v) is 5.94. The molecule has 0 bridgehead atoms. The zero-order chi connectivity index (χ0) is 11.2. The van der Waals surface area contributed by atoms with Crippen molar-refractivity contribution >= 4 is 0 Å². The van der Waals surface area contributed by atoms with Gasteiger partial charge in [0.2, 0.25) is 0 Å². The van der Waals surface area contributed by atoms with Crippen molar-refractivity contribution in [3.8, 4) is 0 Å². The second kappa shape index (κ2) is 3.36. The molecule has 1 aromatic rings. The summed E-state index contributed by atoms with van der Waals surface area (Å²) in [4.78, 5) is 5.89. The first-order chi connectivity index (χ1) is 7.72. The molecule has 1 aromatic carbocycles. The van der Waals surface area contributed by atoms with Crippen LogP contribution in [0.5, 0.6) is 0 Å². The Morgan fingerprint density at radius 3 is 2.94 bits per heavy atom. The van der Waals surface area contributed by atoms with Gasteiger partial charge < -0.3 is 0 Å². The van der Waals surface area contributed by atoms with Crippen molar-refractivity contribution in [2.24, 2.45) is 5.92 Å². The zero-order valence-electron chi connectivity index (χ0n) is 9.79. The highest BCUT2D eigenvalue weighted by Crippen LogP contribution is 2.45. The Morgan fingerprint density at radius 2 is 2.19 bits per heavy atom. The van der Waals surface area contributed by atoms with E-state index in [2.05, 4.69) is 49.7 Å². The minimum atomic E-state index is -0.237. The summed E-state index contributed by atoms with van der Waals surface area (Å²) in [5.74, 6) is 0.521. The number of allylic oxidation sites excluding steroid dienone is 1. The van der Waals surface area contributed by atoms with E-state index in [4.69, 9.17) is 4.84 Å². The van der Waals surface area contributed by atoms with E-state index >= 15 is 0 Å². The summed E-state index contributed by atoms with van der Waals surface area (Å²) in [6.45, 7) is 4.32. The second-order valence-corrected chi connectivity index (χ2v) is 4.92. The Morgan fingerprint density at radius 1 is 1.38 bits per heavy atom. The van der Waals surface area contributed by atoms with Gasteiger partial charge in [-0.15, -0.1) is 0 Å². The molecule has 16 heavy (non-hydrogen) atoms. The van der Waals surface area contributed by atoms with E-state index in [1.807, 2.05) is 0 Å². The minimum Gasteiger partial charge on any atom is -0.270 e. The van der Waals surface area contributed by atoms with E-state index in [-0.39, 0.29) is 5.60 Å². The summed E-state index contributed by atoms with van der Waals surface area (Å²) in [6.07, 6.45) is 4.58. The van der Waals surface area contributed by atoms with Gasteiger partial charge in [0.25, 0.3) is 0 Å². The summed E-state index contributed by atoms with van der Waals surface area (Å²) in [6, 6.07) is 8.63. The van der Waals surface area contributed by atoms with Crippen LogP contribution in [0.25, 0.3) is 0 Å². The summed E-state index contributed by atoms with van der Waals surface area (Å²) < 4.78 is 0. The lowest BCUT2D eigenvalue weighted by Gasteiger charge is -2.38. The standard InChI is InChI=1S/C14H17NO/c1-10-7-8-12-5-3-4-6-13(12)14(10)9-11(2)15-16-14/h3-6,9-10,15H,7-8H2,1-2H3/t10?,14-/m0/s1. The number of nitrogens with one attached hydrogen (secondary N) is 1. The molecule has 3 rings (SSSR count). The van der Waals surface area contributed by atoms with Crippen LogP contribution in [0.4, 0.5) is 0 Å². The molecule has 84 valence electrons. The summed E-state index contributed by atoms with van der Waals surface area (Å²) in [5, 5.41) is 0. The molecule has 1 N–H and O–H groups in total. The fourth-order valence-corrected chi connectivity index (χ4v) is 2.89. The fraction of sp³-hybridized carbons (Fsp3) is 0.429. The van der Waals surface area contributed by atoms with Crippen molar-refractivity contribution < 1.29 is 4.84 Å². The highest BCUT2D eigenvalue weighted by atomic mass is 16.7. The molecule has 0 aromatic heterocycles. The normalized spacial score (nSPS) is 32.1. The summed E-state index contributed by atoms with van der Waals surface area (Å²) in [5.41, 5.74) is 6.65. The Balaban J connectivity index is 2.18. The molecule has 1 heterocycles. The Hall–Kier alpha value is -1.28. The predicted molar refractivity (Wildman–Crippen MR) is 63.6 cm³/mol. The van der Waals surface area contributed by atoms with Crippen LogP contribution >= 0.6 is 0 Å². The maximum absolute atomic E-state index is 5.89. The van der Waals surface area contributed by atoms with E-state index in [0.717, 1.165) is 12.1 Å². The van der Waals surface area contributed by atoms with E-state index in [0.29, 0.717) is 5.92 Å². The van der Waals surface area contributed by atoms with Gasteiger partial charge in [0.15, 0.2) is 0 Å². The highest BCUT2D eigenvalue weighted by Gasteiger charge is 2.44. The second-order valence-electron chi connectivity index (χ2n) is 4.92. The van der Waals surface area contributed by atoms with Crippen molar-refractivity contribution in [1.82, 2.24) is 5.48 Å². The molecule has 1 aliphatic carbocycles. The van der Waals surface area contributed by atoms with Crippen LogP contribution in [0.3, 0.4) is 0 Å². The molecular formula is C14H17NO. The Kier molecular flexibility index (Phi) is 2.08. The van der Waals surface area contributed by atoms with E-state index < -0.39 is 0 Å². The van der Waals surface area contributed by atoms with Crippen LogP contribution < -0.4 is 5.48 Å². The van der Waals surface area contributed by atoms with Crippen molar-refractivity contribution in [3.63, 3.8) is 0 Å². The molecule has 2 aliphatic rings. The average molecular weight is 215 g/mol. The van der Waals surface area contributed by atoms with Gasteiger partial charge in [0, 0.05) is 5.70 Å². The van der Waals surface area contributed by atoms with Gasteiger partial charge in [-0.2, -0.15) is 0 Å². The van der Waals surface area contributed by atoms with Crippen LogP contribution in [-0.4, -0.2) is 0 Å². The number of hydrogen-bond acceptors (Lipinski definition) is 2. The molecule has 1 unspecified atom stereocenters. The van der Waals surface area contributed by atoms with Gasteiger partial charge in [-0.1, -0.05) is 31.2 Å².